The molecule has 5 heteroatoms. The number of para-hydroxylation sites is 1. The zero-order valence-electron chi connectivity index (χ0n) is 12.1. The Morgan fingerprint density at radius 1 is 1.35 bits per heavy atom. The maximum Gasteiger partial charge on any atom is 0.329 e. The molecule has 0 saturated carbocycles. The van der Waals surface area contributed by atoms with Crippen LogP contribution >= 0.6 is 0 Å². The average molecular weight is 279 g/mol. The van der Waals surface area contributed by atoms with Crippen LogP contribution in [0.3, 0.4) is 0 Å². The second-order valence-electron chi connectivity index (χ2n) is 4.85. The highest BCUT2D eigenvalue weighted by Gasteiger charge is 2.32. The number of carbonyl (C=O) groups excluding carboxylic acids is 1. The molecular formula is C15H21NO4. The zero-order chi connectivity index (χ0) is 15.2. The minimum atomic E-state index is -1.21. The van der Waals surface area contributed by atoms with Gasteiger partial charge in [-0.25, -0.2) is 4.79 Å². The van der Waals surface area contributed by atoms with Gasteiger partial charge in [0.1, 0.15) is 11.3 Å². The number of carbonyl (C=O) groups is 2. The lowest BCUT2D eigenvalue weighted by Crippen LogP contribution is -2.51. The van der Waals surface area contributed by atoms with E-state index in [1.165, 1.54) is 6.92 Å². The van der Waals surface area contributed by atoms with Crippen molar-refractivity contribution >= 4 is 11.9 Å². The van der Waals surface area contributed by atoms with Crippen LogP contribution in [0.1, 0.15) is 32.3 Å². The van der Waals surface area contributed by atoms with Crippen molar-refractivity contribution in [2.75, 3.05) is 7.11 Å². The predicted molar refractivity (Wildman–Crippen MR) is 75.8 cm³/mol. The highest BCUT2D eigenvalue weighted by Crippen LogP contribution is 2.19. The molecule has 1 aromatic carbocycles. The molecule has 1 aromatic rings. The second kappa shape index (κ2) is 6.93. The van der Waals surface area contributed by atoms with Gasteiger partial charge in [-0.2, -0.15) is 0 Å². The number of rotatable bonds is 7. The van der Waals surface area contributed by atoms with Gasteiger partial charge in [0.05, 0.1) is 7.11 Å². The summed E-state index contributed by atoms with van der Waals surface area (Å²) in [6, 6.07) is 7.47. The molecule has 1 rings (SSSR count). The Balaban J connectivity index is 2.62. The van der Waals surface area contributed by atoms with Gasteiger partial charge in [0.25, 0.3) is 0 Å². The van der Waals surface area contributed by atoms with Crippen molar-refractivity contribution in [2.24, 2.45) is 0 Å². The van der Waals surface area contributed by atoms with Crippen LogP contribution in [-0.2, 0) is 16.0 Å². The fourth-order valence-corrected chi connectivity index (χ4v) is 1.82. The summed E-state index contributed by atoms with van der Waals surface area (Å²) in [5, 5.41) is 11.7. The molecule has 0 radical (unpaired) electrons. The number of hydrogen-bond donors (Lipinski definition) is 2. The molecule has 0 aromatic heterocycles. The first-order valence-electron chi connectivity index (χ1n) is 6.59. The van der Waals surface area contributed by atoms with E-state index >= 15 is 0 Å². The molecular weight excluding hydrogens is 258 g/mol. The average Bonchev–Trinajstić information content (AvgIpc) is 2.45. The third-order valence-electron chi connectivity index (χ3n) is 3.41. The SMILES string of the molecule is CCC(C)(NC(=O)CCc1ccccc1OC)C(=O)O. The number of aliphatic carboxylic acids is 1. The molecule has 0 aliphatic heterocycles. The number of aryl methyl sites for hydroxylation is 1. The quantitative estimate of drug-likeness (QED) is 0.800. The van der Waals surface area contributed by atoms with Crippen molar-refractivity contribution in [3.8, 4) is 5.75 Å². The molecule has 1 unspecified atom stereocenters. The van der Waals surface area contributed by atoms with Crippen LogP contribution in [0.25, 0.3) is 0 Å². The third-order valence-corrected chi connectivity index (χ3v) is 3.41. The van der Waals surface area contributed by atoms with Crippen LogP contribution in [0.4, 0.5) is 0 Å². The van der Waals surface area contributed by atoms with E-state index in [9.17, 15) is 9.59 Å². The first kappa shape index (κ1) is 16.0. The van der Waals surface area contributed by atoms with Gasteiger partial charge in [-0.3, -0.25) is 4.79 Å². The monoisotopic (exact) mass is 279 g/mol. The summed E-state index contributed by atoms with van der Waals surface area (Å²) < 4.78 is 5.21. The van der Waals surface area contributed by atoms with Gasteiger partial charge in [-0.15, -0.1) is 0 Å². The van der Waals surface area contributed by atoms with Gasteiger partial charge in [0, 0.05) is 6.42 Å². The van der Waals surface area contributed by atoms with Crippen molar-refractivity contribution in [1.29, 1.82) is 0 Å². The van der Waals surface area contributed by atoms with Crippen LogP contribution in [-0.4, -0.2) is 29.6 Å². The van der Waals surface area contributed by atoms with E-state index in [1.807, 2.05) is 24.3 Å². The number of nitrogens with one attached hydrogen (secondary N) is 1. The summed E-state index contributed by atoms with van der Waals surface area (Å²) >= 11 is 0. The smallest absolute Gasteiger partial charge is 0.329 e. The summed E-state index contributed by atoms with van der Waals surface area (Å²) in [5.41, 5.74) is -0.281. The molecule has 0 aliphatic rings. The lowest BCUT2D eigenvalue weighted by molar-refractivity contribution is -0.147. The van der Waals surface area contributed by atoms with E-state index in [0.717, 1.165) is 11.3 Å². The van der Waals surface area contributed by atoms with Gasteiger partial charge in [-0.1, -0.05) is 25.1 Å². The molecule has 0 bridgehead atoms. The molecule has 0 aliphatic carbocycles. The van der Waals surface area contributed by atoms with Crippen LogP contribution in [0.2, 0.25) is 0 Å². The van der Waals surface area contributed by atoms with E-state index in [4.69, 9.17) is 9.84 Å². The fraction of sp³-hybridized carbons (Fsp3) is 0.467. The standard InChI is InChI=1S/C15H21NO4/c1-4-15(2,14(18)19)16-13(17)10-9-11-7-5-6-8-12(11)20-3/h5-8H,4,9-10H2,1-3H3,(H,16,17)(H,18,19). The van der Waals surface area contributed by atoms with Crippen LogP contribution in [0.15, 0.2) is 24.3 Å². The van der Waals surface area contributed by atoms with E-state index in [2.05, 4.69) is 5.32 Å². The van der Waals surface area contributed by atoms with Gasteiger partial charge in [0.2, 0.25) is 5.91 Å². The molecule has 0 saturated heterocycles. The van der Waals surface area contributed by atoms with Crippen molar-refractivity contribution in [1.82, 2.24) is 5.32 Å². The predicted octanol–water partition coefficient (Wildman–Crippen LogP) is 2.00. The Hall–Kier alpha value is -2.04. The topological polar surface area (TPSA) is 75.6 Å². The lowest BCUT2D eigenvalue weighted by atomic mass is 9.98. The number of carboxylic acid groups (broad SMARTS) is 1. The molecule has 5 nitrogen and oxygen atoms in total. The van der Waals surface area contributed by atoms with E-state index in [0.29, 0.717) is 12.8 Å². The second-order valence-corrected chi connectivity index (χ2v) is 4.85. The zero-order valence-corrected chi connectivity index (χ0v) is 12.1. The molecule has 1 amide bonds. The van der Waals surface area contributed by atoms with E-state index < -0.39 is 11.5 Å². The number of amides is 1. The molecule has 1 atom stereocenters. The molecule has 0 fully saturated rings. The van der Waals surface area contributed by atoms with Crippen molar-refractivity contribution in [2.45, 2.75) is 38.6 Å². The Morgan fingerprint density at radius 2 is 2.00 bits per heavy atom. The maximum atomic E-state index is 11.9. The summed E-state index contributed by atoms with van der Waals surface area (Å²) in [5.74, 6) is -0.565. The van der Waals surface area contributed by atoms with Gasteiger partial charge in [-0.05, 0) is 31.4 Å². The Bertz CT molecular complexity index is 487. The molecule has 0 spiro atoms. The number of methoxy groups -OCH3 is 1. The summed E-state index contributed by atoms with van der Waals surface area (Å²) in [6.45, 7) is 3.24. The normalized spacial score (nSPS) is 13.3. The van der Waals surface area contributed by atoms with Gasteiger partial charge >= 0.3 is 5.97 Å². The van der Waals surface area contributed by atoms with Crippen LogP contribution < -0.4 is 10.1 Å². The lowest BCUT2D eigenvalue weighted by Gasteiger charge is -2.24. The number of benzene rings is 1. The van der Waals surface area contributed by atoms with Crippen LogP contribution in [0.5, 0.6) is 5.75 Å². The number of hydrogen-bond acceptors (Lipinski definition) is 3. The molecule has 20 heavy (non-hydrogen) atoms. The van der Waals surface area contributed by atoms with E-state index in [1.54, 1.807) is 14.0 Å². The Morgan fingerprint density at radius 3 is 2.55 bits per heavy atom. The number of ether oxygens (including phenoxy) is 1. The molecule has 110 valence electrons. The Kier molecular flexibility index (Phi) is 5.55. The van der Waals surface area contributed by atoms with Crippen LogP contribution in [0, 0.1) is 0 Å². The van der Waals surface area contributed by atoms with Crippen molar-refractivity contribution in [3.05, 3.63) is 29.8 Å². The summed E-state index contributed by atoms with van der Waals surface area (Å²) in [4.78, 5) is 23.0. The van der Waals surface area contributed by atoms with Gasteiger partial charge in [0.15, 0.2) is 0 Å². The minimum Gasteiger partial charge on any atom is -0.496 e. The Labute approximate surface area is 118 Å². The first-order chi connectivity index (χ1) is 9.42. The number of carboxylic acids is 1. The molecule has 0 heterocycles. The maximum absolute atomic E-state index is 11.9. The van der Waals surface area contributed by atoms with Gasteiger partial charge < -0.3 is 15.2 Å². The summed E-state index contributed by atoms with van der Waals surface area (Å²) in [6.07, 6.45) is 1.07. The third kappa shape index (κ3) is 3.98. The minimum absolute atomic E-state index is 0.225. The highest BCUT2D eigenvalue weighted by molar-refractivity contribution is 5.86. The first-order valence-corrected chi connectivity index (χ1v) is 6.59. The molecule has 2 N–H and O–H groups in total. The van der Waals surface area contributed by atoms with Crippen molar-refractivity contribution in [3.63, 3.8) is 0 Å². The fourth-order valence-electron chi connectivity index (χ4n) is 1.82. The van der Waals surface area contributed by atoms with Crippen molar-refractivity contribution < 1.29 is 19.4 Å². The van der Waals surface area contributed by atoms with E-state index in [-0.39, 0.29) is 12.3 Å². The summed E-state index contributed by atoms with van der Waals surface area (Å²) in [7, 11) is 1.58. The largest absolute Gasteiger partial charge is 0.496 e. The highest BCUT2D eigenvalue weighted by atomic mass is 16.5.